The molecule has 1 aliphatic rings. The van der Waals surface area contributed by atoms with Crippen LogP contribution in [0, 0.1) is 5.92 Å². The summed E-state index contributed by atoms with van der Waals surface area (Å²) in [6.07, 6.45) is 0.267. The third-order valence-corrected chi connectivity index (χ3v) is 7.12. The lowest BCUT2D eigenvalue weighted by Gasteiger charge is -2.41. The van der Waals surface area contributed by atoms with Gasteiger partial charge in [-0.2, -0.15) is 0 Å². The summed E-state index contributed by atoms with van der Waals surface area (Å²) in [5, 5.41) is 3.07. The van der Waals surface area contributed by atoms with Crippen molar-refractivity contribution in [2.24, 2.45) is 16.6 Å². The average Bonchev–Trinajstić information content (AvgIpc) is 2.87. The van der Waals surface area contributed by atoms with Crippen molar-refractivity contribution < 1.29 is 9.59 Å². The largest absolute Gasteiger partial charge is 0.369 e. The Balaban J connectivity index is 1.70. The second-order valence-corrected chi connectivity index (χ2v) is 9.97. The van der Waals surface area contributed by atoms with Gasteiger partial charge in [0.25, 0.3) is 5.91 Å². The SMILES string of the molecule is CC(C)[C@]1(C)CC(=O)N([C@@H](c2ccccc2)c2cccc(C(=O)N[C@@H](C)c3ccccc3)c2)C(N)=N1. The summed E-state index contributed by atoms with van der Waals surface area (Å²) in [7, 11) is 0. The molecule has 36 heavy (non-hydrogen) atoms. The summed E-state index contributed by atoms with van der Waals surface area (Å²) < 4.78 is 0. The van der Waals surface area contributed by atoms with Gasteiger partial charge in [0.2, 0.25) is 5.91 Å². The maximum absolute atomic E-state index is 13.5. The summed E-state index contributed by atoms with van der Waals surface area (Å²) in [6, 6.07) is 26.3. The summed E-state index contributed by atoms with van der Waals surface area (Å²) >= 11 is 0. The second-order valence-electron chi connectivity index (χ2n) is 9.97. The van der Waals surface area contributed by atoms with Gasteiger partial charge in [0.15, 0.2) is 5.96 Å². The minimum atomic E-state index is -0.547. The zero-order valence-electron chi connectivity index (χ0n) is 21.3. The number of carbonyl (C=O) groups excluding carboxylic acids is 2. The Labute approximate surface area is 213 Å². The predicted molar refractivity (Wildman–Crippen MR) is 143 cm³/mol. The van der Waals surface area contributed by atoms with E-state index in [0.717, 1.165) is 16.7 Å². The average molecular weight is 483 g/mol. The number of nitrogens with zero attached hydrogens (tertiary/aromatic N) is 2. The van der Waals surface area contributed by atoms with E-state index in [4.69, 9.17) is 10.7 Å². The zero-order chi connectivity index (χ0) is 25.9. The number of amides is 2. The molecular formula is C30H34N4O2. The van der Waals surface area contributed by atoms with Crippen LogP contribution in [0.4, 0.5) is 0 Å². The quantitative estimate of drug-likeness (QED) is 0.483. The number of benzene rings is 3. The Kier molecular flexibility index (Phi) is 7.25. The third-order valence-electron chi connectivity index (χ3n) is 7.12. The molecule has 0 radical (unpaired) electrons. The van der Waals surface area contributed by atoms with Gasteiger partial charge in [0.05, 0.1) is 24.0 Å². The van der Waals surface area contributed by atoms with E-state index in [-0.39, 0.29) is 36.2 Å². The standard InChI is InChI=1S/C30H34N4O2/c1-20(2)30(4)19-26(35)34(29(31)33-30)27(23-14-9-6-10-15-23)24-16-11-17-25(18-24)28(36)32-21(3)22-12-7-5-8-13-22/h5-18,20-21,27H,19H2,1-4H3,(H2,31,33)(H,32,36)/t21-,27-,30-/m0/s1. The molecule has 6 nitrogen and oxygen atoms in total. The molecule has 3 aromatic rings. The highest BCUT2D eigenvalue weighted by molar-refractivity contribution is 6.00. The van der Waals surface area contributed by atoms with Crippen molar-refractivity contribution in [3.8, 4) is 0 Å². The smallest absolute Gasteiger partial charge is 0.251 e. The maximum atomic E-state index is 13.5. The number of nitrogens with two attached hydrogens (primary N) is 1. The van der Waals surface area contributed by atoms with E-state index < -0.39 is 11.6 Å². The van der Waals surface area contributed by atoms with Crippen molar-refractivity contribution in [1.29, 1.82) is 0 Å². The van der Waals surface area contributed by atoms with Gasteiger partial charge in [0.1, 0.15) is 0 Å². The Morgan fingerprint density at radius 3 is 2.08 bits per heavy atom. The Hall–Kier alpha value is -3.93. The van der Waals surface area contributed by atoms with Gasteiger partial charge in [-0.15, -0.1) is 0 Å². The highest BCUT2D eigenvalue weighted by Gasteiger charge is 2.41. The first-order valence-electron chi connectivity index (χ1n) is 12.4. The van der Waals surface area contributed by atoms with Crippen LogP contribution in [-0.2, 0) is 4.79 Å². The van der Waals surface area contributed by atoms with Gasteiger partial charge in [-0.25, -0.2) is 4.99 Å². The molecule has 3 aromatic carbocycles. The lowest BCUT2D eigenvalue weighted by molar-refractivity contribution is -0.131. The van der Waals surface area contributed by atoms with Crippen LogP contribution in [0.3, 0.4) is 0 Å². The van der Waals surface area contributed by atoms with E-state index in [1.807, 2.05) is 107 Å². The van der Waals surface area contributed by atoms with E-state index >= 15 is 0 Å². The van der Waals surface area contributed by atoms with E-state index in [2.05, 4.69) is 5.32 Å². The van der Waals surface area contributed by atoms with Crippen LogP contribution in [0.1, 0.15) is 73.2 Å². The number of hydrogen-bond donors (Lipinski definition) is 2. The third kappa shape index (κ3) is 5.18. The first kappa shape index (κ1) is 25.2. The Morgan fingerprint density at radius 2 is 1.50 bits per heavy atom. The van der Waals surface area contributed by atoms with Gasteiger partial charge in [-0.05, 0) is 48.6 Å². The van der Waals surface area contributed by atoms with E-state index in [1.165, 1.54) is 0 Å². The normalized spacial score (nSPS) is 19.5. The number of guanidine groups is 1. The molecule has 6 heteroatoms. The summed E-state index contributed by atoms with van der Waals surface area (Å²) in [5.41, 5.74) is 9.15. The van der Waals surface area contributed by atoms with E-state index in [1.54, 1.807) is 11.0 Å². The van der Waals surface area contributed by atoms with E-state index in [0.29, 0.717) is 5.56 Å². The van der Waals surface area contributed by atoms with Crippen molar-refractivity contribution in [3.05, 3.63) is 107 Å². The van der Waals surface area contributed by atoms with Crippen LogP contribution in [0.25, 0.3) is 0 Å². The lowest BCUT2D eigenvalue weighted by atomic mass is 9.83. The Bertz CT molecular complexity index is 1260. The number of carbonyl (C=O) groups is 2. The van der Waals surface area contributed by atoms with Gasteiger partial charge in [-0.1, -0.05) is 86.6 Å². The molecule has 0 saturated heterocycles. The first-order valence-corrected chi connectivity index (χ1v) is 12.4. The second kappa shape index (κ2) is 10.4. The number of nitrogens with one attached hydrogen (secondary N) is 1. The van der Waals surface area contributed by atoms with Crippen LogP contribution < -0.4 is 11.1 Å². The fourth-order valence-corrected chi connectivity index (χ4v) is 4.56. The van der Waals surface area contributed by atoms with Gasteiger partial charge < -0.3 is 11.1 Å². The number of hydrogen-bond acceptors (Lipinski definition) is 4. The number of aliphatic imine (C=N–C) groups is 1. The molecule has 1 heterocycles. The minimum absolute atomic E-state index is 0.0832. The topological polar surface area (TPSA) is 87.8 Å². The molecule has 186 valence electrons. The van der Waals surface area contributed by atoms with Gasteiger partial charge in [0, 0.05) is 5.56 Å². The molecule has 3 N–H and O–H groups in total. The Morgan fingerprint density at radius 1 is 0.917 bits per heavy atom. The predicted octanol–water partition coefficient (Wildman–Crippen LogP) is 5.23. The maximum Gasteiger partial charge on any atom is 0.251 e. The van der Waals surface area contributed by atoms with Crippen molar-refractivity contribution in [3.63, 3.8) is 0 Å². The van der Waals surface area contributed by atoms with Crippen molar-refractivity contribution >= 4 is 17.8 Å². The molecule has 3 atom stereocenters. The van der Waals surface area contributed by atoms with Crippen molar-refractivity contribution in [2.75, 3.05) is 0 Å². The summed E-state index contributed by atoms with van der Waals surface area (Å²) in [6.45, 7) is 8.02. The first-order chi connectivity index (χ1) is 17.2. The highest BCUT2D eigenvalue weighted by atomic mass is 16.2. The highest BCUT2D eigenvalue weighted by Crippen LogP contribution is 2.36. The zero-order valence-corrected chi connectivity index (χ0v) is 21.3. The monoisotopic (exact) mass is 482 g/mol. The van der Waals surface area contributed by atoms with E-state index in [9.17, 15) is 9.59 Å². The number of rotatable bonds is 7. The molecule has 0 aliphatic carbocycles. The fourth-order valence-electron chi connectivity index (χ4n) is 4.56. The summed E-state index contributed by atoms with van der Waals surface area (Å²) in [4.78, 5) is 33.0. The van der Waals surface area contributed by atoms with Crippen LogP contribution in [-0.4, -0.2) is 28.2 Å². The van der Waals surface area contributed by atoms with Gasteiger partial charge >= 0.3 is 0 Å². The fraction of sp³-hybridized carbons (Fsp3) is 0.300. The lowest BCUT2D eigenvalue weighted by Crippen LogP contribution is -2.53. The van der Waals surface area contributed by atoms with Gasteiger partial charge in [-0.3, -0.25) is 14.5 Å². The van der Waals surface area contributed by atoms with Crippen LogP contribution >= 0.6 is 0 Å². The van der Waals surface area contributed by atoms with Crippen LogP contribution in [0.2, 0.25) is 0 Å². The molecule has 0 unspecified atom stereocenters. The molecule has 0 bridgehead atoms. The van der Waals surface area contributed by atoms with Crippen molar-refractivity contribution in [1.82, 2.24) is 10.2 Å². The van der Waals surface area contributed by atoms with Crippen LogP contribution in [0.15, 0.2) is 89.9 Å². The molecule has 0 saturated carbocycles. The molecular weight excluding hydrogens is 448 g/mol. The molecule has 0 fully saturated rings. The molecule has 1 aliphatic heterocycles. The molecule has 2 amide bonds. The van der Waals surface area contributed by atoms with Crippen LogP contribution in [0.5, 0.6) is 0 Å². The minimum Gasteiger partial charge on any atom is -0.369 e. The van der Waals surface area contributed by atoms with Crippen molar-refractivity contribution in [2.45, 2.75) is 51.7 Å². The molecule has 0 aromatic heterocycles. The molecule has 0 spiro atoms. The molecule has 4 rings (SSSR count). The summed E-state index contributed by atoms with van der Waals surface area (Å²) in [5.74, 6) is 0.0962.